The zero-order valence-electron chi connectivity index (χ0n) is 24.3. The summed E-state index contributed by atoms with van der Waals surface area (Å²) < 4.78 is 18.6. The molecular weight excluding hydrogens is 512 g/mol. The molecule has 0 spiro atoms. The molecule has 1 unspecified atom stereocenters. The molecule has 1 aromatic heterocycles. The molecule has 1 heterocycles. The molecule has 0 saturated heterocycles. The normalized spacial score (nSPS) is 16.4. The summed E-state index contributed by atoms with van der Waals surface area (Å²) in [6.45, 7) is 12.4. The van der Waals surface area contributed by atoms with Crippen LogP contribution in [0.4, 0.5) is 0 Å². The van der Waals surface area contributed by atoms with Crippen molar-refractivity contribution < 1.29 is 14.5 Å². The van der Waals surface area contributed by atoms with Crippen LogP contribution >= 0.6 is 0 Å². The van der Waals surface area contributed by atoms with Crippen LogP contribution in [0.1, 0.15) is 94.8 Å². The maximum absolute atomic E-state index is 13.2. The van der Waals surface area contributed by atoms with Gasteiger partial charge in [-0.1, -0.05) is 19.3 Å². The van der Waals surface area contributed by atoms with E-state index in [9.17, 15) is 14.5 Å². The van der Waals surface area contributed by atoms with Gasteiger partial charge >= 0.3 is 0 Å². The van der Waals surface area contributed by atoms with Gasteiger partial charge in [0.15, 0.2) is 4.90 Å². The Labute approximate surface area is 236 Å². The number of hydrogen-bond acceptors (Lipinski definition) is 6. The Hall–Kier alpha value is -2.53. The van der Waals surface area contributed by atoms with Crippen LogP contribution in [0.3, 0.4) is 0 Å². The predicted octanol–water partition coefficient (Wildman–Crippen LogP) is 4.03. The Morgan fingerprint density at radius 3 is 2.44 bits per heavy atom. The number of nitrogens with zero attached hydrogens (tertiary/aromatic N) is 2. The van der Waals surface area contributed by atoms with E-state index in [1.807, 2.05) is 52.0 Å². The molecule has 1 aromatic carbocycles. The molecule has 9 nitrogen and oxygen atoms in total. The summed E-state index contributed by atoms with van der Waals surface area (Å²) in [4.78, 5) is 13.7. The smallest absolute Gasteiger partial charge is 0.253 e. The summed E-state index contributed by atoms with van der Waals surface area (Å²) in [5, 5.41) is 17.4. The first-order valence-corrected chi connectivity index (χ1v) is 14.9. The third-order valence-electron chi connectivity index (χ3n) is 7.14. The first kappa shape index (κ1) is 31.0. The van der Waals surface area contributed by atoms with Crippen LogP contribution in [0, 0.1) is 12.8 Å². The second-order valence-electron chi connectivity index (χ2n) is 12.2. The van der Waals surface area contributed by atoms with Gasteiger partial charge in [0, 0.05) is 36.5 Å². The summed E-state index contributed by atoms with van der Waals surface area (Å²) >= 11 is -1.51. The Morgan fingerprint density at radius 1 is 1.18 bits per heavy atom. The number of nitrogens with one attached hydrogen (secondary N) is 2. The second kappa shape index (κ2) is 12.8. The van der Waals surface area contributed by atoms with E-state index >= 15 is 0 Å². The second-order valence-corrected chi connectivity index (χ2v) is 13.3. The highest BCUT2D eigenvalue weighted by atomic mass is 32.2. The van der Waals surface area contributed by atoms with Crippen molar-refractivity contribution in [1.82, 2.24) is 14.6 Å². The Balaban J connectivity index is 2.05. The van der Waals surface area contributed by atoms with Crippen molar-refractivity contribution in [3.8, 4) is 11.3 Å². The Kier molecular flexibility index (Phi) is 10.1. The van der Waals surface area contributed by atoms with Gasteiger partial charge in [0.1, 0.15) is 5.84 Å². The molecule has 0 radical (unpaired) electrons. The highest BCUT2D eigenvalue weighted by Gasteiger charge is 2.31. The Bertz CT molecular complexity index is 1170. The lowest BCUT2D eigenvalue weighted by atomic mass is 9.89. The lowest BCUT2D eigenvalue weighted by molar-refractivity contribution is 0.0755. The predicted molar refractivity (Wildman–Crippen MR) is 158 cm³/mol. The van der Waals surface area contributed by atoms with Crippen molar-refractivity contribution in [1.29, 1.82) is 0 Å². The fourth-order valence-electron chi connectivity index (χ4n) is 5.10. The van der Waals surface area contributed by atoms with Gasteiger partial charge in [0.25, 0.3) is 5.91 Å². The zero-order valence-corrected chi connectivity index (χ0v) is 25.1. The van der Waals surface area contributed by atoms with Gasteiger partial charge in [-0.25, -0.2) is 0 Å². The van der Waals surface area contributed by atoms with E-state index in [-0.39, 0.29) is 17.3 Å². The molecule has 3 rings (SSSR count). The third kappa shape index (κ3) is 8.23. The van der Waals surface area contributed by atoms with E-state index in [0.29, 0.717) is 34.9 Å². The monoisotopic (exact) mass is 558 g/mol. The maximum atomic E-state index is 13.2. The van der Waals surface area contributed by atoms with E-state index in [4.69, 9.17) is 11.6 Å². The van der Waals surface area contributed by atoms with Crippen LogP contribution in [0.5, 0.6) is 0 Å². The summed E-state index contributed by atoms with van der Waals surface area (Å²) in [5.74, 6) is 5.84. The van der Waals surface area contributed by atoms with E-state index in [2.05, 4.69) is 19.7 Å². The number of amidine groups is 1. The first-order chi connectivity index (χ1) is 18.2. The first-order valence-electron chi connectivity index (χ1n) is 13.8. The molecule has 1 aliphatic carbocycles. The Morgan fingerprint density at radius 2 is 1.85 bits per heavy atom. The van der Waals surface area contributed by atoms with Crippen molar-refractivity contribution in [2.75, 3.05) is 6.54 Å². The van der Waals surface area contributed by atoms with E-state index < -0.39 is 17.0 Å². The topological polar surface area (TPSA) is 154 Å². The molecule has 0 bridgehead atoms. The molecule has 7 N–H and O–H groups in total. The number of amides is 1. The molecule has 1 atom stereocenters. The number of hydrogen-bond donors (Lipinski definition) is 5. The number of benzene rings is 1. The number of nitrogens with two attached hydrogens (primary N) is 2. The van der Waals surface area contributed by atoms with Crippen molar-refractivity contribution in [2.24, 2.45) is 22.6 Å². The minimum atomic E-state index is -1.51. The third-order valence-corrected chi connectivity index (χ3v) is 8.70. The average Bonchev–Trinajstić information content (AvgIpc) is 3.18. The lowest BCUT2D eigenvalue weighted by Crippen LogP contribution is -2.41. The molecule has 1 amide bonds. The standard InChI is InChI=1S/C29H46N6O3S/c1-19-22(27(36)32-15-14-26(30)33-31)17-24(35(19)18-20-10-8-7-9-11-20)21-12-13-25(23(16-21)29(5,6)37)39(38)34-28(2,3)4/h12-13,16-17,20,34,37H,7-11,14-15,18,31H2,1-6H3,(H2,30,33)(H,32,36). The average molecular weight is 559 g/mol. The van der Waals surface area contributed by atoms with Gasteiger partial charge in [-0.05, 0) is 90.1 Å². The summed E-state index contributed by atoms with van der Waals surface area (Å²) in [6.07, 6.45) is 6.42. The van der Waals surface area contributed by atoms with Crippen LogP contribution < -0.4 is 21.6 Å². The number of aliphatic hydroxyl groups is 1. The van der Waals surface area contributed by atoms with Crippen LogP contribution in [-0.4, -0.2) is 38.1 Å². The van der Waals surface area contributed by atoms with Gasteiger partial charge < -0.3 is 31.1 Å². The SMILES string of the molecule is Cc1c(C(=O)NCC/C(N)=N/N)cc(-c2ccc([S+]([O-])NC(C)(C)C)c(C(C)(C)O)c2)n1CC1CCCCC1. The van der Waals surface area contributed by atoms with Crippen molar-refractivity contribution in [3.63, 3.8) is 0 Å². The van der Waals surface area contributed by atoms with Gasteiger partial charge in [-0.15, -0.1) is 4.72 Å². The molecule has 10 heteroatoms. The van der Waals surface area contributed by atoms with Crippen LogP contribution in [0.2, 0.25) is 0 Å². The fraction of sp³-hybridized carbons (Fsp3) is 0.586. The van der Waals surface area contributed by atoms with E-state index in [1.54, 1.807) is 13.8 Å². The summed E-state index contributed by atoms with van der Waals surface area (Å²) in [6, 6.07) is 7.57. The minimum absolute atomic E-state index is 0.184. The van der Waals surface area contributed by atoms with Crippen LogP contribution in [0.25, 0.3) is 11.3 Å². The van der Waals surface area contributed by atoms with E-state index in [0.717, 1.165) is 23.5 Å². The van der Waals surface area contributed by atoms with E-state index in [1.165, 1.54) is 32.1 Å². The molecule has 39 heavy (non-hydrogen) atoms. The summed E-state index contributed by atoms with van der Waals surface area (Å²) in [5.41, 5.74) is 7.92. The molecule has 0 aliphatic heterocycles. The van der Waals surface area contributed by atoms with Crippen molar-refractivity contribution in [3.05, 3.63) is 41.1 Å². The van der Waals surface area contributed by atoms with Gasteiger partial charge in [0.05, 0.1) is 28.1 Å². The molecule has 1 aliphatic rings. The molecule has 1 saturated carbocycles. The molecule has 216 valence electrons. The zero-order chi connectivity index (χ0) is 29.0. The fourth-order valence-corrected chi connectivity index (χ4v) is 6.47. The maximum Gasteiger partial charge on any atom is 0.253 e. The number of carbonyl (C=O) groups is 1. The minimum Gasteiger partial charge on any atom is -0.593 e. The van der Waals surface area contributed by atoms with Crippen LogP contribution in [0.15, 0.2) is 34.3 Å². The molecule has 2 aromatic rings. The summed E-state index contributed by atoms with van der Waals surface area (Å²) in [7, 11) is 0. The largest absolute Gasteiger partial charge is 0.593 e. The lowest BCUT2D eigenvalue weighted by Gasteiger charge is -2.27. The van der Waals surface area contributed by atoms with Gasteiger partial charge in [-0.3, -0.25) is 4.79 Å². The number of carbonyl (C=O) groups excluding carboxylic acids is 1. The number of hydrazone groups is 1. The molecule has 1 fully saturated rings. The number of rotatable bonds is 10. The highest BCUT2D eigenvalue weighted by Crippen LogP contribution is 2.35. The van der Waals surface area contributed by atoms with Crippen molar-refractivity contribution in [2.45, 2.75) is 103 Å². The number of aromatic nitrogens is 1. The van der Waals surface area contributed by atoms with Gasteiger partial charge in [-0.2, -0.15) is 5.10 Å². The van der Waals surface area contributed by atoms with Crippen molar-refractivity contribution >= 4 is 23.1 Å². The molecular formula is C29H46N6O3S. The highest BCUT2D eigenvalue weighted by molar-refractivity contribution is 7.89. The van der Waals surface area contributed by atoms with Gasteiger partial charge in [0.2, 0.25) is 0 Å². The van der Waals surface area contributed by atoms with Crippen LogP contribution in [-0.2, 0) is 23.5 Å². The quantitative estimate of drug-likeness (QED) is 0.0975.